The van der Waals surface area contributed by atoms with E-state index >= 15 is 0 Å². The lowest BCUT2D eigenvalue weighted by Crippen LogP contribution is -2.46. The van der Waals surface area contributed by atoms with E-state index in [1.165, 1.54) is 0 Å². The van der Waals surface area contributed by atoms with Gasteiger partial charge in [0, 0.05) is 24.2 Å². The first-order valence-corrected chi connectivity index (χ1v) is 16.7. The van der Waals surface area contributed by atoms with Gasteiger partial charge in [-0.2, -0.15) is 0 Å². The number of nitrogens with one attached hydrogen (secondary N) is 3. The van der Waals surface area contributed by atoms with Crippen molar-refractivity contribution in [3.05, 3.63) is 111 Å². The van der Waals surface area contributed by atoms with Crippen LogP contribution in [-0.4, -0.2) is 46.5 Å². The largest absolute Gasteiger partial charge is 0.445 e. The highest BCUT2D eigenvalue weighted by Crippen LogP contribution is 2.24. The van der Waals surface area contributed by atoms with Gasteiger partial charge in [0.25, 0.3) is 5.56 Å². The molecule has 0 radical (unpaired) electrons. The van der Waals surface area contributed by atoms with Crippen LogP contribution in [0.1, 0.15) is 70.5 Å². The van der Waals surface area contributed by atoms with Gasteiger partial charge in [-0.3, -0.25) is 9.36 Å². The summed E-state index contributed by atoms with van der Waals surface area (Å²) >= 11 is 6.31. The van der Waals surface area contributed by atoms with Crippen molar-refractivity contribution in [2.75, 3.05) is 13.1 Å². The van der Waals surface area contributed by atoms with Crippen LogP contribution in [-0.2, 0) is 22.6 Å². The number of amides is 2. The normalized spacial score (nSPS) is 12.8. The molecule has 256 valence electrons. The van der Waals surface area contributed by atoms with E-state index in [0.717, 1.165) is 11.1 Å². The molecule has 11 heteroatoms. The lowest BCUT2D eigenvalue weighted by atomic mass is 10.0. The molecule has 4 aromatic rings. The summed E-state index contributed by atoms with van der Waals surface area (Å²) in [5.74, 6) is 0.603. The second kappa shape index (κ2) is 17.1. The minimum atomic E-state index is -0.670. The standard InChI is InChI=1S/C37H46ClN5O5/c1-25(2)32(33-42-31-21-28(38)18-19-30(31)34(44)43(33)23-26-13-8-6-9-14-26)40-22-29(41-36(46)48-37(3,4)5)17-12-20-39-35(45)47-24-27-15-10-7-11-16-27/h6-11,13-16,18-19,21,25,29,32,40H,12,17,20,22-24H2,1-5H3,(H,39,45)(H,41,46)/t29-,32+/m0/s1. The number of fused-ring (bicyclic) bond motifs is 1. The van der Waals surface area contributed by atoms with Crippen molar-refractivity contribution in [3.8, 4) is 0 Å². The average Bonchev–Trinajstić information content (AvgIpc) is 3.03. The van der Waals surface area contributed by atoms with Crippen molar-refractivity contribution in [2.45, 2.75) is 78.3 Å². The van der Waals surface area contributed by atoms with Crippen LogP contribution < -0.4 is 21.5 Å². The quantitative estimate of drug-likeness (QED) is 0.123. The summed E-state index contributed by atoms with van der Waals surface area (Å²) in [5, 5.41) is 10.3. The first-order valence-electron chi connectivity index (χ1n) is 16.3. The number of halogens is 1. The number of hydrogen-bond donors (Lipinski definition) is 3. The van der Waals surface area contributed by atoms with Gasteiger partial charge in [-0.25, -0.2) is 14.6 Å². The summed E-state index contributed by atoms with van der Waals surface area (Å²) < 4.78 is 12.6. The Kier molecular flexibility index (Phi) is 13.0. The molecule has 0 spiro atoms. The first-order chi connectivity index (χ1) is 22.9. The van der Waals surface area contributed by atoms with Crippen molar-refractivity contribution < 1.29 is 19.1 Å². The van der Waals surface area contributed by atoms with Gasteiger partial charge in [0.2, 0.25) is 0 Å². The van der Waals surface area contributed by atoms with Crippen LogP contribution in [0.15, 0.2) is 83.7 Å². The zero-order valence-electron chi connectivity index (χ0n) is 28.3. The molecular formula is C37H46ClN5O5. The van der Waals surface area contributed by atoms with Gasteiger partial charge in [0.15, 0.2) is 0 Å². The Bertz CT molecular complexity index is 1710. The molecule has 4 rings (SSSR count). The van der Waals surface area contributed by atoms with Crippen molar-refractivity contribution in [1.82, 2.24) is 25.5 Å². The summed E-state index contributed by atoms with van der Waals surface area (Å²) in [6.45, 7) is 10.8. The van der Waals surface area contributed by atoms with Crippen LogP contribution in [0.25, 0.3) is 10.9 Å². The van der Waals surface area contributed by atoms with Gasteiger partial charge in [-0.15, -0.1) is 0 Å². The molecule has 0 fully saturated rings. The van der Waals surface area contributed by atoms with Gasteiger partial charge in [0.1, 0.15) is 18.0 Å². The molecule has 2 amide bonds. The van der Waals surface area contributed by atoms with E-state index in [2.05, 4.69) is 29.8 Å². The Morgan fingerprint density at radius 2 is 1.60 bits per heavy atom. The summed E-state index contributed by atoms with van der Waals surface area (Å²) in [7, 11) is 0. The zero-order chi connectivity index (χ0) is 34.7. The van der Waals surface area contributed by atoms with Gasteiger partial charge in [0.05, 0.1) is 23.5 Å². The Balaban J connectivity index is 1.51. The second-order valence-corrected chi connectivity index (χ2v) is 13.5. The average molecular weight is 676 g/mol. The molecule has 3 aromatic carbocycles. The number of nitrogens with zero attached hydrogens (tertiary/aromatic N) is 2. The number of hydrogen-bond acceptors (Lipinski definition) is 7. The van der Waals surface area contributed by atoms with Gasteiger partial charge >= 0.3 is 12.2 Å². The number of benzene rings is 3. The second-order valence-electron chi connectivity index (χ2n) is 13.1. The number of alkyl carbamates (subject to hydrolysis) is 2. The van der Waals surface area contributed by atoms with E-state index in [1.807, 2.05) is 81.4 Å². The molecule has 3 N–H and O–H groups in total. The third-order valence-corrected chi connectivity index (χ3v) is 7.83. The SMILES string of the molecule is CC(C)[C@@H](NC[C@H](CCCNC(=O)OCc1ccccc1)NC(=O)OC(C)(C)C)c1nc2cc(Cl)ccc2c(=O)n1Cc1ccccc1. The van der Waals surface area contributed by atoms with Crippen molar-refractivity contribution in [1.29, 1.82) is 0 Å². The van der Waals surface area contributed by atoms with Gasteiger partial charge < -0.3 is 25.4 Å². The number of aromatic nitrogens is 2. The molecule has 0 unspecified atom stereocenters. The maximum Gasteiger partial charge on any atom is 0.407 e. The number of ether oxygens (including phenoxy) is 2. The first kappa shape index (κ1) is 36.4. The Labute approximate surface area is 287 Å². The molecule has 10 nitrogen and oxygen atoms in total. The summed E-state index contributed by atoms with van der Waals surface area (Å²) in [4.78, 5) is 44.0. The fourth-order valence-electron chi connectivity index (χ4n) is 5.27. The fraction of sp³-hybridized carbons (Fsp3) is 0.405. The molecule has 0 saturated heterocycles. The minimum absolute atomic E-state index is 0.0267. The predicted octanol–water partition coefficient (Wildman–Crippen LogP) is 6.98. The van der Waals surface area contributed by atoms with Gasteiger partial charge in [-0.1, -0.05) is 86.1 Å². The van der Waals surface area contributed by atoms with Crippen LogP contribution in [0, 0.1) is 5.92 Å². The van der Waals surface area contributed by atoms with E-state index in [-0.39, 0.29) is 30.2 Å². The summed E-state index contributed by atoms with van der Waals surface area (Å²) in [5.41, 5.74) is 1.57. The number of carbonyl (C=O) groups is 2. The predicted molar refractivity (Wildman–Crippen MR) is 189 cm³/mol. The molecule has 0 aliphatic heterocycles. The Morgan fingerprint density at radius 1 is 0.938 bits per heavy atom. The summed E-state index contributed by atoms with van der Waals surface area (Å²) in [6, 6.07) is 23.7. The van der Waals surface area contributed by atoms with Crippen LogP contribution in [0.3, 0.4) is 0 Å². The lowest BCUT2D eigenvalue weighted by molar-refractivity contribution is 0.0499. The molecule has 0 bridgehead atoms. The van der Waals surface area contributed by atoms with Crippen LogP contribution in [0.4, 0.5) is 9.59 Å². The van der Waals surface area contributed by atoms with Crippen LogP contribution in [0.5, 0.6) is 0 Å². The maximum atomic E-state index is 13.9. The van der Waals surface area contributed by atoms with Gasteiger partial charge in [-0.05, 0) is 68.9 Å². The molecule has 2 atom stereocenters. The van der Waals surface area contributed by atoms with Crippen LogP contribution in [0.2, 0.25) is 5.02 Å². The van der Waals surface area contributed by atoms with E-state index in [0.29, 0.717) is 54.2 Å². The Hall–Kier alpha value is -4.41. The highest BCUT2D eigenvalue weighted by Gasteiger charge is 2.26. The van der Waals surface area contributed by atoms with Crippen molar-refractivity contribution >= 4 is 34.7 Å². The van der Waals surface area contributed by atoms with E-state index < -0.39 is 17.8 Å². The summed E-state index contributed by atoms with van der Waals surface area (Å²) in [6.07, 6.45) is 0.0611. The molecule has 0 aliphatic rings. The molecule has 1 aromatic heterocycles. The molecular weight excluding hydrogens is 630 g/mol. The third kappa shape index (κ3) is 11.1. The minimum Gasteiger partial charge on any atom is -0.445 e. The highest BCUT2D eigenvalue weighted by atomic mass is 35.5. The topological polar surface area (TPSA) is 124 Å². The lowest BCUT2D eigenvalue weighted by Gasteiger charge is -2.29. The van der Waals surface area contributed by atoms with E-state index in [1.54, 1.807) is 22.8 Å². The smallest absolute Gasteiger partial charge is 0.407 e. The monoisotopic (exact) mass is 675 g/mol. The third-order valence-electron chi connectivity index (χ3n) is 7.59. The van der Waals surface area contributed by atoms with Crippen molar-refractivity contribution in [3.63, 3.8) is 0 Å². The maximum absolute atomic E-state index is 13.9. The van der Waals surface area contributed by atoms with Crippen LogP contribution >= 0.6 is 11.6 Å². The highest BCUT2D eigenvalue weighted by molar-refractivity contribution is 6.31. The van der Waals surface area contributed by atoms with E-state index in [4.69, 9.17) is 26.1 Å². The molecule has 1 heterocycles. The molecule has 0 saturated carbocycles. The Morgan fingerprint density at radius 3 is 2.25 bits per heavy atom. The molecule has 48 heavy (non-hydrogen) atoms. The zero-order valence-corrected chi connectivity index (χ0v) is 29.0. The van der Waals surface area contributed by atoms with Crippen molar-refractivity contribution in [2.24, 2.45) is 5.92 Å². The fourth-order valence-corrected chi connectivity index (χ4v) is 5.44. The van der Waals surface area contributed by atoms with E-state index in [9.17, 15) is 14.4 Å². The number of rotatable bonds is 14. The number of carbonyl (C=O) groups excluding carboxylic acids is 2. The molecule has 0 aliphatic carbocycles.